The van der Waals surface area contributed by atoms with Crippen LogP contribution in [0.2, 0.25) is 0 Å². The van der Waals surface area contributed by atoms with Crippen LogP contribution in [-0.2, 0) is 65.4 Å². The Hall–Kier alpha value is -1.94. The summed E-state index contributed by atoms with van der Waals surface area (Å²) in [7, 11) is -9.92. The zero-order valence-corrected chi connectivity index (χ0v) is 65.7. The Kier molecular flexibility index (Phi) is 70.6. The van der Waals surface area contributed by atoms with Gasteiger partial charge in [-0.2, -0.15) is 0 Å². The third-order valence-corrected chi connectivity index (χ3v) is 20.4. The molecule has 0 aliphatic carbocycles. The second-order valence-electron chi connectivity index (χ2n) is 28.9. The lowest BCUT2D eigenvalue weighted by molar-refractivity contribution is -0.161. The maximum atomic E-state index is 13.1. The van der Waals surface area contributed by atoms with E-state index in [0.29, 0.717) is 25.7 Å². The Bertz CT molecular complexity index is 1870. The number of phosphoric ester groups is 2. The van der Waals surface area contributed by atoms with Crippen LogP contribution in [0.3, 0.4) is 0 Å². The van der Waals surface area contributed by atoms with Gasteiger partial charge in [-0.3, -0.25) is 37.3 Å². The van der Waals surface area contributed by atoms with E-state index in [0.717, 1.165) is 95.8 Å². The first kappa shape index (κ1) is 96.1. The standard InChI is InChI=1S/C79H154O17P2/c1-6-9-12-15-18-21-24-27-30-31-32-34-37-40-43-50-55-60-65-79(84)95-74(68-89-76(81)62-57-52-47-41-38-36-33-28-25-22-19-16-13-10-7-2)70-93-97(85,86)91-66-73(80)67-92-98(87,88)94-71-75(69-90-77(82)63-58-53-48-45-44-46-51-56-61-72(4)5)96-78(83)64-59-54-49-42-39-35-29-26-23-20-17-14-11-8-3/h72-75,80H,6-71H2,1-5H3,(H,85,86)(H,87,88)/t73-,74-,75-/m1/s1. The Morgan fingerprint density at radius 2 is 0.469 bits per heavy atom. The van der Waals surface area contributed by atoms with Gasteiger partial charge in [-0.25, -0.2) is 9.13 Å². The first-order valence-electron chi connectivity index (χ1n) is 41.1. The number of hydrogen-bond donors (Lipinski definition) is 3. The molecule has 19 heteroatoms. The molecule has 0 aliphatic heterocycles. The van der Waals surface area contributed by atoms with Gasteiger partial charge in [-0.1, -0.05) is 369 Å². The van der Waals surface area contributed by atoms with Crippen LogP contribution >= 0.6 is 15.6 Å². The molecule has 0 fully saturated rings. The molecule has 0 spiro atoms. The predicted molar refractivity (Wildman–Crippen MR) is 400 cm³/mol. The summed E-state index contributed by atoms with van der Waals surface area (Å²) >= 11 is 0. The van der Waals surface area contributed by atoms with Gasteiger partial charge in [0.2, 0.25) is 0 Å². The first-order valence-corrected chi connectivity index (χ1v) is 44.1. The molecule has 5 atom stereocenters. The number of esters is 4. The van der Waals surface area contributed by atoms with E-state index < -0.39 is 97.5 Å². The Morgan fingerprint density at radius 3 is 0.694 bits per heavy atom. The van der Waals surface area contributed by atoms with Crippen molar-refractivity contribution < 1.29 is 80.2 Å². The van der Waals surface area contributed by atoms with Crippen molar-refractivity contribution >= 4 is 39.5 Å². The molecule has 0 aromatic rings. The van der Waals surface area contributed by atoms with Gasteiger partial charge in [0.1, 0.15) is 19.3 Å². The lowest BCUT2D eigenvalue weighted by atomic mass is 10.0. The summed E-state index contributed by atoms with van der Waals surface area (Å²) in [6, 6.07) is 0. The zero-order valence-electron chi connectivity index (χ0n) is 63.9. The fraction of sp³-hybridized carbons (Fsp3) is 0.949. The fourth-order valence-corrected chi connectivity index (χ4v) is 13.8. The van der Waals surface area contributed by atoms with Gasteiger partial charge in [0.15, 0.2) is 12.2 Å². The van der Waals surface area contributed by atoms with Crippen molar-refractivity contribution in [1.29, 1.82) is 0 Å². The van der Waals surface area contributed by atoms with E-state index in [4.69, 9.17) is 37.0 Å². The summed E-state index contributed by atoms with van der Waals surface area (Å²) < 4.78 is 68.7. The van der Waals surface area contributed by atoms with Crippen LogP contribution < -0.4 is 0 Å². The second-order valence-corrected chi connectivity index (χ2v) is 31.8. The largest absolute Gasteiger partial charge is 0.472 e. The van der Waals surface area contributed by atoms with Gasteiger partial charge in [-0.15, -0.1) is 0 Å². The van der Waals surface area contributed by atoms with Gasteiger partial charge < -0.3 is 33.8 Å². The third kappa shape index (κ3) is 72.4. The number of phosphoric acid groups is 2. The predicted octanol–water partition coefficient (Wildman–Crippen LogP) is 23.6. The number of unbranched alkanes of at least 4 members (excludes halogenated alkanes) is 51. The lowest BCUT2D eigenvalue weighted by Crippen LogP contribution is -2.30. The van der Waals surface area contributed by atoms with Crippen molar-refractivity contribution in [3.05, 3.63) is 0 Å². The topological polar surface area (TPSA) is 237 Å². The average Bonchev–Trinajstić information content (AvgIpc) is 1.23. The van der Waals surface area contributed by atoms with Crippen LogP contribution in [0.1, 0.15) is 420 Å². The van der Waals surface area contributed by atoms with Crippen LogP contribution in [0, 0.1) is 5.92 Å². The Balaban J connectivity index is 5.25. The normalized spacial score (nSPS) is 13.9. The van der Waals surface area contributed by atoms with Crippen molar-refractivity contribution in [3.8, 4) is 0 Å². The monoisotopic (exact) mass is 1440 g/mol. The summed E-state index contributed by atoms with van der Waals surface area (Å²) in [6.45, 7) is 7.29. The molecule has 17 nitrogen and oxygen atoms in total. The molecule has 0 aromatic heterocycles. The van der Waals surface area contributed by atoms with Crippen molar-refractivity contribution in [3.63, 3.8) is 0 Å². The minimum Gasteiger partial charge on any atom is -0.462 e. The number of ether oxygens (including phenoxy) is 4. The van der Waals surface area contributed by atoms with Crippen LogP contribution in [0.4, 0.5) is 0 Å². The highest BCUT2D eigenvalue weighted by Crippen LogP contribution is 2.45. The number of aliphatic hydroxyl groups is 1. The molecule has 3 N–H and O–H groups in total. The molecule has 0 amide bonds. The Labute approximate surface area is 600 Å². The minimum absolute atomic E-state index is 0.108. The van der Waals surface area contributed by atoms with E-state index in [9.17, 15) is 43.2 Å². The molecule has 0 saturated carbocycles. The van der Waals surface area contributed by atoms with Gasteiger partial charge >= 0.3 is 39.5 Å². The summed E-state index contributed by atoms with van der Waals surface area (Å²) in [4.78, 5) is 73.0. The molecular formula is C79H154O17P2. The van der Waals surface area contributed by atoms with Gasteiger partial charge in [0.25, 0.3) is 0 Å². The number of aliphatic hydroxyl groups excluding tert-OH is 1. The minimum atomic E-state index is -4.96. The van der Waals surface area contributed by atoms with E-state index >= 15 is 0 Å². The SMILES string of the molecule is CCCCCCCCCCCCCCCCCCCCC(=O)O[C@H](COC(=O)CCCCCCCCCCCCCCCCC)COP(=O)(O)OC[C@@H](O)COP(=O)(O)OC[C@@H](COC(=O)CCCCCCCCCCC(C)C)OC(=O)CCCCCCCCCCCCCCCC. The average molecular weight is 1440 g/mol. The fourth-order valence-electron chi connectivity index (χ4n) is 12.2. The maximum absolute atomic E-state index is 13.1. The van der Waals surface area contributed by atoms with E-state index in [2.05, 4.69) is 34.6 Å². The smallest absolute Gasteiger partial charge is 0.462 e. The van der Waals surface area contributed by atoms with Gasteiger partial charge in [-0.05, 0) is 31.6 Å². The summed E-state index contributed by atoms with van der Waals surface area (Å²) in [6.07, 6.45) is 62.3. The quantitative estimate of drug-likeness (QED) is 0.0222. The Morgan fingerprint density at radius 1 is 0.276 bits per heavy atom. The van der Waals surface area contributed by atoms with Gasteiger partial charge in [0, 0.05) is 25.7 Å². The highest BCUT2D eigenvalue weighted by atomic mass is 31.2. The van der Waals surface area contributed by atoms with E-state index in [-0.39, 0.29) is 25.7 Å². The third-order valence-electron chi connectivity index (χ3n) is 18.5. The number of carbonyl (C=O) groups excluding carboxylic acids is 4. The number of carbonyl (C=O) groups is 4. The summed E-state index contributed by atoms with van der Waals surface area (Å²) in [5.74, 6) is -1.38. The van der Waals surface area contributed by atoms with Crippen LogP contribution in [0.25, 0.3) is 0 Å². The highest BCUT2D eigenvalue weighted by molar-refractivity contribution is 7.47. The van der Waals surface area contributed by atoms with Crippen LogP contribution in [0.5, 0.6) is 0 Å². The summed E-state index contributed by atoms with van der Waals surface area (Å²) in [5, 5.41) is 10.6. The summed E-state index contributed by atoms with van der Waals surface area (Å²) in [5.41, 5.74) is 0. The second kappa shape index (κ2) is 72.0. The first-order chi connectivity index (χ1) is 47.5. The highest BCUT2D eigenvalue weighted by Gasteiger charge is 2.30. The molecule has 582 valence electrons. The van der Waals surface area contributed by atoms with Crippen molar-refractivity contribution in [1.82, 2.24) is 0 Å². The van der Waals surface area contributed by atoms with E-state index in [1.807, 2.05) is 0 Å². The molecule has 0 radical (unpaired) electrons. The number of hydrogen-bond acceptors (Lipinski definition) is 15. The van der Waals surface area contributed by atoms with E-state index in [1.54, 1.807) is 0 Å². The molecular weight excluding hydrogens is 1280 g/mol. The molecule has 0 aromatic carbocycles. The van der Waals surface area contributed by atoms with Gasteiger partial charge in [0.05, 0.1) is 26.4 Å². The van der Waals surface area contributed by atoms with Crippen LogP contribution in [-0.4, -0.2) is 96.7 Å². The lowest BCUT2D eigenvalue weighted by Gasteiger charge is -2.21. The molecule has 0 aliphatic rings. The zero-order chi connectivity index (χ0) is 71.9. The molecule has 98 heavy (non-hydrogen) atoms. The van der Waals surface area contributed by atoms with Crippen LogP contribution in [0.15, 0.2) is 0 Å². The molecule has 0 bridgehead atoms. The number of rotatable bonds is 79. The molecule has 2 unspecified atom stereocenters. The maximum Gasteiger partial charge on any atom is 0.472 e. The molecule has 0 saturated heterocycles. The molecule has 0 heterocycles. The molecule has 0 rings (SSSR count). The van der Waals surface area contributed by atoms with E-state index in [1.165, 1.54) is 244 Å². The van der Waals surface area contributed by atoms with Crippen molar-refractivity contribution in [2.75, 3.05) is 39.6 Å². The van der Waals surface area contributed by atoms with Crippen molar-refractivity contribution in [2.24, 2.45) is 5.92 Å². The van der Waals surface area contributed by atoms with Crippen molar-refractivity contribution in [2.45, 2.75) is 438 Å².